The van der Waals surface area contributed by atoms with Crippen LogP contribution in [0.15, 0.2) is 0 Å². The molecule has 4 atom stereocenters. The molecule has 2 fully saturated rings. The van der Waals surface area contributed by atoms with Crippen molar-refractivity contribution in [2.24, 2.45) is 23.7 Å². The largest absolute Gasteiger partial charge is 0.481 e. The molecule has 0 aromatic carbocycles. The minimum absolute atomic E-state index is 0.113. The molecule has 0 spiro atoms. The van der Waals surface area contributed by atoms with Crippen molar-refractivity contribution in [3.8, 4) is 0 Å². The minimum atomic E-state index is -0.797. The Morgan fingerprint density at radius 2 is 1.60 bits per heavy atom. The lowest BCUT2D eigenvalue weighted by molar-refractivity contribution is -0.143. The third-order valence-corrected chi connectivity index (χ3v) is 5.42. The summed E-state index contributed by atoms with van der Waals surface area (Å²) in [5.41, 5.74) is 0. The van der Waals surface area contributed by atoms with Gasteiger partial charge in [0, 0.05) is 32.7 Å². The van der Waals surface area contributed by atoms with E-state index in [1.54, 1.807) is 4.90 Å². The number of carbonyl (C=O) groups excluding carboxylic acids is 1. The molecule has 2 saturated heterocycles. The number of nitrogens with one attached hydrogen (secondary N) is 1. The van der Waals surface area contributed by atoms with E-state index < -0.39 is 11.9 Å². The van der Waals surface area contributed by atoms with Crippen molar-refractivity contribution < 1.29 is 14.7 Å². The average Bonchev–Trinajstić information content (AvgIpc) is 2.52. The zero-order chi connectivity index (χ0) is 18.4. The fraction of sp³-hybridized carbons (Fsp3) is 0.895. The molecule has 4 unspecified atom stereocenters. The molecule has 0 aliphatic carbocycles. The van der Waals surface area contributed by atoms with Crippen LogP contribution in [0.1, 0.15) is 46.5 Å². The number of hydrogen-bond acceptors (Lipinski definition) is 3. The molecule has 0 saturated carbocycles. The summed E-state index contributed by atoms with van der Waals surface area (Å²) in [6, 6.07) is -0.113. The van der Waals surface area contributed by atoms with Crippen LogP contribution in [0.3, 0.4) is 0 Å². The van der Waals surface area contributed by atoms with Crippen LogP contribution in [0, 0.1) is 23.7 Å². The molecule has 2 N–H and O–H groups in total. The molecule has 0 bridgehead atoms. The number of carbonyl (C=O) groups is 2. The standard InChI is InChI=1S/C19H35N3O3/c1-14-8-15(2)11-21(10-14)7-5-4-6-20-19(25)22-12-16(3)9-17(13-22)18(23)24/h14-17H,4-13H2,1-3H3,(H,20,25)(H,23,24). The van der Waals surface area contributed by atoms with Crippen molar-refractivity contribution in [3.05, 3.63) is 0 Å². The summed E-state index contributed by atoms with van der Waals surface area (Å²) < 4.78 is 0. The number of carboxylic acid groups (broad SMARTS) is 1. The van der Waals surface area contributed by atoms with Gasteiger partial charge in [-0.05, 0) is 50.0 Å². The zero-order valence-electron chi connectivity index (χ0n) is 16.0. The second-order valence-corrected chi connectivity index (χ2v) is 8.43. The lowest BCUT2D eigenvalue weighted by atomic mass is 9.91. The second-order valence-electron chi connectivity index (χ2n) is 8.43. The smallest absolute Gasteiger partial charge is 0.317 e. The van der Waals surface area contributed by atoms with Crippen LogP contribution in [0.5, 0.6) is 0 Å². The van der Waals surface area contributed by atoms with Gasteiger partial charge >= 0.3 is 12.0 Å². The highest BCUT2D eigenvalue weighted by Crippen LogP contribution is 2.22. The number of aliphatic carboxylic acids is 1. The van der Waals surface area contributed by atoms with Crippen LogP contribution in [-0.4, -0.2) is 66.2 Å². The van der Waals surface area contributed by atoms with Crippen LogP contribution in [-0.2, 0) is 4.79 Å². The average molecular weight is 354 g/mol. The molecule has 2 heterocycles. The molecule has 2 aliphatic heterocycles. The maximum atomic E-state index is 12.3. The van der Waals surface area contributed by atoms with Gasteiger partial charge in [-0.15, -0.1) is 0 Å². The van der Waals surface area contributed by atoms with Crippen molar-refractivity contribution in [2.45, 2.75) is 46.5 Å². The number of piperidine rings is 2. The lowest BCUT2D eigenvalue weighted by Gasteiger charge is -2.35. The highest BCUT2D eigenvalue weighted by Gasteiger charge is 2.31. The predicted octanol–water partition coefficient (Wildman–Crippen LogP) is 2.50. The number of carboxylic acids is 1. The molecular formula is C19H35N3O3. The Morgan fingerprint density at radius 1 is 0.960 bits per heavy atom. The maximum Gasteiger partial charge on any atom is 0.317 e. The molecule has 2 rings (SSSR count). The molecule has 2 amide bonds. The van der Waals surface area contributed by atoms with Crippen LogP contribution in [0.2, 0.25) is 0 Å². The van der Waals surface area contributed by atoms with Gasteiger partial charge in [0.15, 0.2) is 0 Å². The molecule has 6 nitrogen and oxygen atoms in total. The SMILES string of the molecule is CC1CC(C)CN(CCCCNC(=O)N2CC(C)CC(C(=O)O)C2)C1. The number of urea groups is 1. The Labute approximate surface area is 151 Å². The van der Waals surface area contributed by atoms with E-state index >= 15 is 0 Å². The minimum Gasteiger partial charge on any atom is -0.481 e. The van der Waals surface area contributed by atoms with Crippen LogP contribution in [0.4, 0.5) is 4.79 Å². The summed E-state index contributed by atoms with van der Waals surface area (Å²) in [5.74, 6) is 0.578. The van der Waals surface area contributed by atoms with Crippen LogP contribution < -0.4 is 5.32 Å². The van der Waals surface area contributed by atoms with E-state index in [4.69, 9.17) is 0 Å². The summed E-state index contributed by atoms with van der Waals surface area (Å²) in [5, 5.41) is 12.2. The van der Waals surface area contributed by atoms with Crippen LogP contribution in [0.25, 0.3) is 0 Å². The summed E-state index contributed by atoms with van der Waals surface area (Å²) >= 11 is 0. The van der Waals surface area contributed by atoms with E-state index in [0.29, 0.717) is 26.1 Å². The third-order valence-electron chi connectivity index (χ3n) is 5.42. The molecular weight excluding hydrogens is 318 g/mol. The zero-order valence-corrected chi connectivity index (χ0v) is 16.0. The van der Waals surface area contributed by atoms with E-state index in [1.165, 1.54) is 19.5 Å². The fourth-order valence-corrected chi connectivity index (χ4v) is 4.44. The third kappa shape index (κ3) is 6.49. The lowest BCUT2D eigenvalue weighted by Crippen LogP contribution is -2.49. The van der Waals surface area contributed by atoms with E-state index in [1.807, 2.05) is 6.92 Å². The Hall–Kier alpha value is -1.30. The Bertz CT molecular complexity index is 447. The highest BCUT2D eigenvalue weighted by molar-refractivity contribution is 5.76. The Balaban J connectivity index is 1.62. The van der Waals surface area contributed by atoms with Crippen molar-refractivity contribution >= 4 is 12.0 Å². The first-order valence-electron chi connectivity index (χ1n) is 9.83. The van der Waals surface area contributed by atoms with Gasteiger partial charge in [-0.25, -0.2) is 4.79 Å². The van der Waals surface area contributed by atoms with Gasteiger partial charge in [0.2, 0.25) is 0 Å². The van der Waals surface area contributed by atoms with Gasteiger partial charge in [-0.1, -0.05) is 20.8 Å². The number of likely N-dealkylation sites (tertiary alicyclic amines) is 2. The molecule has 0 aromatic heterocycles. The van der Waals surface area contributed by atoms with Gasteiger partial charge in [0.25, 0.3) is 0 Å². The molecule has 2 aliphatic rings. The molecule has 144 valence electrons. The van der Waals surface area contributed by atoms with Gasteiger partial charge in [0.05, 0.1) is 5.92 Å². The summed E-state index contributed by atoms with van der Waals surface area (Å²) in [4.78, 5) is 27.7. The van der Waals surface area contributed by atoms with E-state index in [9.17, 15) is 14.7 Å². The highest BCUT2D eigenvalue weighted by atomic mass is 16.4. The number of rotatable bonds is 6. The first-order chi connectivity index (χ1) is 11.8. The van der Waals surface area contributed by atoms with Gasteiger partial charge in [-0.2, -0.15) is 0 Å². The van der Waals surface area contributed by atoms with Gasteiger partial charge < -0.3 is 20.2 Å². The Kier molecular flexibility index (Phi) is 7.54. The monoisotopic (exact) mass is 353 g/mol. The van der Waals surface area contributed by atoms with E-state index in [2.05, 4.69) is 24.1 Å². The number of unbranched alkanes of at least 4 members (excludes halogenated alkanes) is 1. The van der Waals surface area contributed by atoms with Crippen molar-refractivity contribution in [1.82, 2.24) is 15.1 Å². The summed E-state index contributed by atoms with van der Waals surface area (Å²) in [7, 11) is 0. The van der Waals surface area contributed by atoms with Crippen LogP contribution >= 0.6 is 0 Å². The molecule has 6 heteroatoms. The Morgan fingerprint density at radius 3 is 2.24 bits per heavy atom. The summed E-state index contributed by atoms with van der Waals surface area (Å²) in [6.07, 6.45) is 4.05. The van der Waals surface area contributed by atoms with Gasteiger partial charge in [0.1, 0.15) is 0 Å². The predicted molar refractivity (Wildman–Crippen MR) is 98.5 cm³/mol. The molecule has 0 aromatic rings. The van der Waals surface area contributed by atoms with Crippen molar-refractivity contribution in [3.63, 3.8) is 0 Å². The first-order valence-corrected chi connectivity index (χ1v) is 9.83. The second kappa shape index (κ2) is 9.41. The van der Waals surface area contributed by atoms with E-state index in [0.717, 1.165) is 31.2 Å². The summed E-state index contributed by atoms with van der Waals surface area (Å²) in [6.45, 7) is 11.8. The van der Waals surface area contributed by atoms with Gasteiger partial charge in [-0.3, -0.25) is 4.79 Å². The number of amides is 2. The number of nitrogens with zero attached hydrogens (tertiary/aromatic N) is 2. The maximum absolute atomic E-state index is 12.3. The van der Waals surface area contributed by atoms with Crippen molar-refractivity contribution in [2.75, 3.05) is 39.3 Å². The number of hydrogen-bond donors (Lipinski definition) is 2. The van der Waals surface area contributed by atoms with E-state index in [-0.39, 0.29) is 11.9 Å². The quantitative estimate of drug-likeness (QED) is 0.720. The molecule has 0 radical (unpaired) electrons. The topological polar surface area (TPSA) is 72.9 Å². The normalized spacial score (nSPS) is 30.9. The fourth-order valence-electron chi connectivity index (χ4n) is 4.44. The molecule has 25 heavy (non-hydrogen) atoms. The van der Waals surface area contributed by atoms with Crippen molar-refractivity contribution in [1.29, 1.82) is 0 Å². The first kappa shape index (κ1) is 20.0.